The third-order valence-corrected chi connectivity index (χ3v) is 4.78. The van der Waals surface area contributed by atoms with Crippen LogP contribution >= 0.6 is 0 Å². The molecule has 1 fully saturated rings. The number of benzene rings is 2. The third-order valence-electron chi connectivity index (χ3n) is 4.78. The number of oxazole rings is 1. The van der Waals surface area contributed by atoms with E-state index in [0.29, 0.717) is 12.5 Å². The Morgan fingerprint density at radius 3 is 2.28 bits per heavy atom. The summed E-state index contributed by atoms with van der Waals surface area (Å²) in [6.45, 7) is 11.2. The third kappa shape index (κ3) is 9.41. The van der Waals surface area contributed by atoms with Crippen molar-refractivity contribution in [1.82, 2.24) is 10.3 Å². The lowest BCUT2D eigenvalue weighted by molar-refractivity contribution is 0.319. The molecule has 4 nitrogen and oxygen atoms in total. The number of terminal acetylenes is 1. The first-order valence-electron chi connectivity index (χ1n) is 11.5. The second kappa shape index (κ2) is 16.6. The molecule has 0 amide bonds. The van der Waals surface area contributed by atoms with E-state index in [1.807, 2.05) is 63.2 Å². The summed E-state index contributed by atoms with van der Waals surface area (Å²) in [5, 5.41) is 3.22. The van der Waals surface area contributed by atoms with Gasteiger partial charge in [0, 0.05) is 12.0 Å². The smallest absolute Gasteiger partial charge is 0.226 e. The molecule has 1 aliphatic heterocycles. The van der Waals surface area contributed by atoms with Crippen LogP contribution in [0.4, 0.5) is 0 Å². The molecule has 1 N–H and O–H groups in total. The molecule has 0 radical (unpaired) electrons. The summed E-state index contributed by atoms with van der Waals surface area (Å²) < 4.78 is 11.6. The van der Waals surface area contributed by atoms with E-state index in [4.69, 9.17) is 9.15 Å². The Balaban J connectivity index is 0.000000485. The number of rotatable bonds is 6. The van der Waals surface area contributed by atoms with E-state index in [-0.39, 0.29) is 0 Å². The van der Waals surface area contributed by atoms with Gasteiger partial charge in [-0.1, -0.05) is 51.1 Å². The van der Waals surface area contributed by atoms with Crippen LogP contribution in [-0.2, 0) is 12.8 Å². The van der Waals surface area contributed by atoms with Crippen molar-refractivity contribution in [3.8, 4) is 30.1 Å². The zero-order chi connectivity index (χ0) is 23.6. The van der Waals surface area contributed by atoms with Gasteiger partial charge in [0.1, 0.15) is 11.5 Å². The lowest BCUT2D eigenvalue weighted by atomic mass is 10.2. The van der Waals surface area contributed by atoms with Crippen LogP contribution in [0.2, 0.25) is 0 Å². The van der Waals surface area contributed by atoms with E-state index >= 15 is 0 Å². The molecular formula is C28H38N2O2. The molecule has 0 atom stereocenters. The maximum atomic E-state index is 5.84. The van der Waals surface area contributed by atoms with Gasteiger partial charge in [0.25, 0.3) is 0 Å². The number of hydrogen-bond donors (Lipinski definition) is 1. The average molecular weight is 435 g/mol. The summed E-state index contributed by atoms with van der Waals surface area (Å²) in [6, 6.07) is 18.2. The Hall–Kier alpha value is -3.03. The molecule has 0 aliphatic carbocycles. The Bertz CT molecular complexity index is 873. The van der Waals surface area contributed by atoms with E-state index < -0.39 is 0 Å². The minimum atomic E-state index is 0.592. The standard InChI is InChI=1S/C20H21NO2.C4H9N.C2H6.C2H2/c1-3-16-8-7-11-18(14-16)22-13-12-19-15(2)23-20(21-19)17-9-5-4-6-10-17;1-2-4-5-3-1;2*1-2/h4-11,14H,3,12-13H2,1-2H3;5H,1-4H2;1-2H3;1-2H. The molecule has 4 rings (SSSR count). The van der Waals surface area contributed by atoms with Crippen LogP contribution in [0.3, 0.4) is 0 Å². The van der Waals surface area contributed by atoms with Gasteiger partial charge in [0.05, 0.1) is 12.3 Å². The van der Waals surface area contributed by atoms with Crippen molar-refractivity contribution in [2.45, 2.75) is 53.4 Å². The van der Waals surface area contributed by atoms with Crippen LogP contribution < -0.4 is 10.1 Å². The number of aryl methyl sites for hydroxylation is 2. The van der Waals surface area contributed by atoms with E-state index in [9.17, 15) is 0 Å². The summed E-state index contributed by atoms with van der Waals surface area (Å²) in [5.41, 5.74) is 3.24. The Labute approximate surface area is 194 Å². The number of aromatic nitrogens is 1. The fourth-order valence-electron chi connectivity index (χ4n) is 3.11. The monoisotopic (exact) mass is 434 g/mol. The predicted octanol–water partition coefficient (Wildman–Crippen LogP) is 6.48. The average Bonchev–Trinajstić information content (AvgIpc) is 3.57. The summed E-state index contributed by atoms with van der Waals surface area (Å²) in [7, 11) is 0. The first-order valence-corrected chi connectivity index (χ1v) is 11.5. The second-order valence-electron chi connectivity index (χ2n) is 6.94. The number of nitrogens with zero attached hydrogens (tertiary/aromatic N) is 1. The van der Waals surface area contributed by atoms with Crippen LogP contribution in [0.1, 0.15) is 50.6 Å². The van der Waals surface area contributed by atoms with Gasteiger partial charge in [-0.25, -0.2) is 4.98 Å². The zero-order valence-electron chi connectivity index (χ0n) is 20.1. The fraction of sp³-hybridized carbons (Fsp3) is 0.393. The number of hydrogen-bond acceptors (Lipinski definition) is 4. The molecule has 1 aliphatic rings. The van der Waals surface area contributed by atoms with E-state index in [0.717, 1.165) is 35.6 Å². The Morgan fingerprint density at radius 1 is 1.00 bits per heavy atom. The lowest BCUT2D eigenvalue weighted by Gasteiger charge is -2.06. The molecule has 0 unspecified atom stereocenters. The molecule has 1 aromatic heterocycles. The van der Waals surface area contributed by atoms with Crippen molar-refractivity contribution in [2.24, 2.45) is 0 Å². The summed E-state index contributed by atoms with van der Waals surface area (Å²) in [5.74, 6) is 2.44. The summed E-state index contributed by atoms with van der Waals surface area (Å²) in [4.78, 5) is 4.60. The molecule has 2 heterocycles. The van der Waals surface area contributed by atoms with Crippen molar-refractivity contribution in [1.29, 1.82) is 0 Å². The minimum absolute atomic E-state index is 0.592. The highest BCUT2D eigenvalue weighted by molar-refractivity contribution is 5.53. The maximum Gasteiger partial charge on any atom is 0.226 e. The highest BCUT2D eigenvalue weighted by atomic mass is 16.5. The van der Waals surface area contributed by atoms with E-state index in [2.05, 4.69) is 42.2 Å². The molecule has 0 saturated carbocycles. The van der Waals surface area contributed by atoms with Gasteiger partial charge >= 0.3 is 0 Å². The fourth-order valence-corrected chi connectivity index (χ4v) is 3.11. The summed E-state index contributed by atoms with van der Waals surface area (Å²) in [6.07, 6.45) is 12.5. The number of nitrogens with one attached hydrogen (secondary N) is 1. The maximum absolute atomic E-state index is 5.84. The van der Waals surface area contributed by atoms with Crippen molar-refractivity contribution >= 4 is 0 Å². The zero-order valence-corrected chi connectivity index (χ0v) is 20.1. The van der Waals surface area contributed by atoms with Gasteiger partial charge in [-0.05, 0) is 69.1 Å². The second-order valence-corrected chi connectivity index (χ2v) is 6.94. The normalized spacial score (nSPS) is 11.7. The SMILES string of the molecule is C#C.C1CCNC1.CC.CCc1cccc(OCCc2nc(-c3ccccc3)oc2C)c1. The molecule has 4 heteroatoms. The molecule has 3 aromatic rings. The molecule has 32 heavy (non-hydrogen) atoms. The first-order chi connectivity index (χ1) is 15.8. The molecule has 172 valence electrons. The first kappa shape index (κ1) is 27.0. The van der Waals surface area contributed by atoms with Gasteiger partial charge in [0.2, 0.25) is 5.89 Å². The van der Waals surface area contributed by atoms with Gasteiger partial charge in [-0.3, -0.25) is 0 Å². The molecule has 0 bridgehead atoms. The van der Waals surface area contributed by atoms with E-state index in [1.54, 1.807) is 0 Å². The van der Waals surface area contributed by atoms with Crippen LogP contribution in [0.15, 0.2) is 59.0 Å². The van der Waals surface area contributed by atoms with Gasteiger partial charge in [-0.15, -0.1) is 12.8 Å². The minimum Gasteiger partial charge on any atom is -0.493 e. The van der Waals surface area contributed by atoms with Crippen LogP contribution in [-0.4, -0.2) is 24.7 Å². The van der Waals surface area contributed by atoms with Crippen LogP contribution in [0.5, 0.6) is 5.75 Å². The van der Waals surface area contributed by atoms with Gasteiger partial charge in [-0.2, -0.15) is 0 Å². The predicted molar refractivity (Wildman–Crippen MR) is 135 cm³/mol. The van der Waals surface area contributed by atoms with Crippen molar-refractivity contribution in [3.63, 3.8) is 0 Å². The molecule has 2 aromatic carbocycles. The molecule has 0 spiro atoms. The summed E-state index contributed by atoms with van der Waals surface area (Å²) >= 11 is 0. The van der Waals surface area contributed by atoms with Crippen molar-refractivity contribution in [3.05, 3.63) is 71.6 Å². The highest BCUT2D eigenvalue weighted by Crippen LogP contribution is 2.22. The van der Waals surface area contributed by atoms with Gasteiger partial charge in [0.15, 0.2) is 0 Å². The van der Waals surface area contributed by atoms with E-state index in [1.165, 1.54) is 31.5 Å². The van der Waals surface area contributed by atoms with Gasteiger partial charge < -0.3 is 14.5 Å². The largest absolute Gasteiger partial charge is 0.493 e. The van der Waals surface area contributed by atoms with Crippen molar-refractivity contribution in [2.75, 3.05) is 19.7 Å². The van der Waals surface area contributed by atoms with Crippen LogP contribution in [0, 0.1) is 19.8 Å². The van der Waals surface area contributed by atoms with Crippen LogP contribution in [0.25, 0.3) is 11.5 Å². The highest BCUT2D eigenvalue weighted by Gasteiger charge is 2.11. The quantitative estimate of drug-likeness (QED) is 0.451. The lowest BCUT2D eigenvalue weighted by Crippen LogP contribution is -2.03. The Kier molecular flexibility index (Phi) is 14.0. The molecular weight excluding hydrogens is 396 g/mol. The molecule has 1 saturated heterocycles. The van der Waals surface area contributed by atoms with Crippen molar-refractivity contribution < 1.29 is 9.15 Å². The topological polar surface area (TPSA) is 47.3 Å². The number of ether oxygens (including phenoxy) is 1. The Morgan fingerprint density at radius 2 is 1.69 bits per heavy atom.